The maximum Gasteiger partial charge on any atom is 0.0699 e. The molecule has 2 heteroatoms. The van der Waals surface area contributed by atoms with Crippen LogP contribution in [0, 0.1) is 20.8 Å². The van der Waals surface area contributed by atoms with Gasteiger partial charge in [0.25, 0.3) is 0 Å². The Morgan fingerprint density at radius 1 is 1.22 bits per heavy atom. The number of rotatable bonds is 3. The van der Waals surface area contributed by atoms with Gasteiger partial charge < -0.3 is 5.11 Å². The highest BCUT2D eigenvalue weighted by molar-refractivity contribution is 8.00. The van der Waals surface area contributed by atoms with Crippen molar-refractivity contribution in [2.24, 2.45) is 0 Å². The van der Waals surface area contributed by atoms with Gasteiger partial charge >= 0.3 is 0 Å². The lowest BCUT2D eigenvalue weighted by atomic mass is 9.93. The smallest absolute Gasteiger partial charge is 0.0699 e. The minimum absolute atomic E-state index is 0.185. The van der Waals surface area contributed by atoms with Crippen LogP contribution in [0.5, 0.6) is 0 Å². The maximum absolute atomic E-state index is 10.4. The molecule has 1 heterocycles. The van der Waals surface area contributed by atoms with Crippen LogP contribution < -0.4 is 0 Å². The van der Waals surface area contributed by atoms with E-state index >= 15 is 0 Å². The number of aryl methyl sites for hydroxylation is 3. The summed E-state index contributed by atoms with van der Waals surface area (Å²) < 4.78 is 0. The van der Waals surface area contributed by atoms with E-state index in [-0.39, 0.29) is 6.10 Å². The predicted octanol–water partition coefficient (Wildman–Crippen LogP) is 3.80. The van der Waals surface area contributed by atoms with Crippen molar-refractivity contribution >= 4 is 11.8 Å². The summed E-state index contributed by atoms with van der Waals surface area (Å²) in [7, 11) is 0. The molecule has 1 N–H and O–H groups in total. The van der Waals surface area contributed by atoms with Gasteiger partial charge in [-0.15, -0.1) is 0 Å². The number of benzene rings is 1. The average Bonchev–Trinajstić information content (AvgIpc) is 2.34. The highest BCUT2D eigenvalue weighted by Crippen LogP contribution is 2.30. The van der Waals surface area contributed by atoms with Crippen LogP contribution in [0.15, 0.2) is 12.1 Å². The lowest BCUT2D eigenvalue weighted by molar-refractivity contribution is 0.166. The van der Waals surface area contributed by atoms with E-state index in [1.54, 1.807) is 0 Å². The standard InChI is InChI=1S/C16H24OS/c1-11-8-12(2)14(13(3)9-11)10-15(17)16-6-4-5-7-18-16/h8-9,15-17H,4-7,10H2,1-3H3. The van der Waals surface area contributed by atoms with E-state index in [0.29, 0.717) is 5.25 Å². The molecule has 18 heavy (non-hydrogen) atoms. The Labute approximate surface area is 115 Å². The van der Waals surface area contributed by atoms with Crippen molar-refractivity contribution in [3.63, 3.8) is 0 Å². The molecule has 1 aromatic carbocycles. The van der Waals surface area contributed by atoms with Crippen molar-refractivity contribution in [2.45, 2.75) is 57.8 Å². The van der Waals surface area contributed by atoms with Gasteiger partial charge in [0.05, 0.1) is 6.10 Å². The minimum atomic E-state index is -0.185. The van der Waals surface area contributed by atoms with Gasteiger partial charge in [-0.3, -0.25) is 0 Å². The van der Waals surface area contributed by atoms with Crippen molar-refractivity contribution in [1.82, 2.24) is 0 Å². The van der Waals surface area contributed by atoms with Gasteiger partial charge in [0.1, 0.15) is 0 Å². The first-order valence-electron chi connectivity index (χ1n) is 6.94. The Balaban J connectivity index is 2.08. The van der Waals surface area contributed by atoms with Crippen molar-refractivity contribution in [3.05, 3.63) is 34.4 Å². The Morgan fingerprint density at radius 3 is 2.44 bits per heavy atom. The van der Waals surface area contributed by atoms with Gasteiger partial charge in [0.15, 0.2) is 0 Å². The van der Waals surface area contributed by atoms with E-state index in [0.717, 1.165) is 6.42 Å². The summed E-state index contributed by atoms with van der Waals surface area (Å²) in [6.45, 7) is 6.46. The summed E-state index contributed by atoms with van der Waals surface area (Å²) >= 11 is 1.96. The zero-order chi connectivity index (χ0) is 13.1. The summed E-state index contributed by atoms with van der Waals surface area (Å²) in [6, 6.07) is 4.45. The fourth-order valence-electron chi connectivity index (χ4n) is 2.94. The predicted molar refractivity (Wildman–Crippen MR) is 80.5 cm³/mol. The second-order valence-electron chi connectivity index (χ2n) is 5.55. The highest BCUT2D eigenvalue weighted by atomic mass is 32.2. The number of aliphatic hydroxyl groups excluding tert-OH is 1. The molecule has 1 aliphatic heterocycles. The van der Waals surface area contributed by atoms with E-state index in [9.17, 15) is 5.11 Å². The lowest BCUT2D eigenvalue weighted by Crippen LogP contribution is -2.28. The second kappa shape index (κ2) is 6.12. The number of thioether (sulfide) groups is 1. The molecule has 1 fully saturated rings. The van der Waals surface area contributed by atoms with Crippen LogP contribution in [0.3, 0.4) is 0 Å². The van der Waals surface area contributed by atoms with E-state index in [1.165, 1.54) is 47.3 Å². The van der Waals surface area contributed by atoms with Crippen LogP contribution in [0.1, 0.15) is 41.5 Å². The molecule has 0 saturated carbocycles. The van der Waals surface area contributed by atoms with Crippen LogP contribution >= 0.6 is 11.8 Å². The molecule has 0 bridgehead atoms. The van der Waals surface area contributed by atoms with E-state index in [2.05, 4.69) is 32.9 Å². The Bertz CT molecular complexity index is 385. The molecular weight excluding hydrogens is 240 g/mol. The second-order valence-corrected chi connectivity index (χ2v) is 6.90. The Hall–Kier alpha value is -0.470. The first kappa shape index (κ1) is 14.0. The third-order valence-electron chi connectivity index (χ3n) is 3.90. The first-order valence-corrected chi connectivity index (χ1v) is 7.99. The summed E-state index contributed by atoms with van der Waals surface area (Å²) in [5, 5.41) is 10.9. The molecule has 0 aromatic heterocycles. The highest BCUT2D eigenvalue weighted by Gasteiger charge is 2.23. The van der Waals surface area contributed by atoms with Crippen LogP contribution in [0.25, 0.3) is 0 Å². The topological polar surface area (TPSA) is 20.2 Å². The monoisotopic (exact) mass is 264 g/mol. The minimum Gasteiger partial charge on any atom is -0.392 e. The van der Waals surface area contributed by atoms with Crippen LogP contribution in [0.4, 0.5) is 0 Å². The molecule has 2 atom stereocenters. The zero-order valence-electron chi connectivity index (χ0n) is 11.7. The molecule has 0 amide bonds. The third kappa shape index (κ3) is 3.30. The van der Waals surface area contributed by atoms with Crippen molar-refractivity contribution < 1.29 is 5.11 Å². The van der Waals surface area contributed by atoms with E-state index < -0.39 is 0 Å². The molecule has 0 aliphatic carbocycles. The number of aliphatic hydroxyl groups is 1. The molecule has 1 aliphatic rings. The molecule has 2 unspecified atom stereocenters. The van der Waals surface area contributed by atoms with Crippen molar-refractivity contribution in [1.29, 1.82) is 0 Å². The largest absolute Gasteiger partial charge is 0.392 e. The molecule has 0 spiro atoms. The first-order chi connectivity index (χ1) is 8.58. The summed E-state index contributed by atoms with van der Waals surface area (Å²) in [5.74, 6) is 1.22. The van der Waals surface area contributed by atoms with Gasteiger partial charge in [-0.1, -0.05) is 24.1 Å². The van der Waals surface area contributed by atoms with Gasteiger partial charge in [-0.25, -0.2) is 0 Å². The maximum atomic E-state index is 10.4. The Kier molecular flexibility index (Phi) is 4.74. The fourth-order valence-corrected chi connectivity index (χ4v) is 4.27. The van der Waals surface area contributed by atoms with Crippen molar-refractivity contribution in [3.8, 4) is 0 Å². The van der Waals surface area contributed by atoms with Crippen LogP contribution in [0.2, 0.25) is 0 Å². The number of hydrogen-bond acceptors (Lipinski definition) is 2. The molecule has 1 aromatic rings. The van der Waals surface area contributed by atoms with E-state index in [1.807, 2.05) is 11.8 Å². The zero-order valence-corrected chi connectivity index (χ0v) is 12.5. The van der Waals surface area contributed by atoms with Gasteiger partial charge in [0.2, 0.25) is 0 Å². The molecule has 0 radical (unpaired) electrons. The van der Waals surface area contributed by atoms with Crippen LogP contribution in [-0.4, -0.2) is 22.2 Å². The molecule has 1 saturated heterocycles. The van der Waals surface area contributed by atoms with Gasteiger partial charge in [-0.05, 0) is 62.5 Å². The summed E-state index contributed by atoms with van der Waals surface area (Å²) in [4.78, 5) is 0. The molecule has 100 valence electrons. The van der Waals surface area contributed by atoms with E-state index in [4.69, 9.17) is 0 Å². The number of hydrogen-bond donors (Lipinski definition) is 1. The SMILES string of the molecule is Cc1cc(C)c(CC(O)C2CCCCS2)c(C)c1. The van der Waals surface area contributed by atoms with Crippen molar-refractivity contribution in [2.75, 3.05) is 5.75 Å². The lowest BCUT2D eigenvalue weighted by Gasteiger charge is -2.27. The molecule has 1 nitrogen and oxygen atoms in total. The van der Waals surface area contributed by atoms with Gasteiger partial charge in [-0.2, -0.15) is 11.8 Å². The normalized spacial score (nSPS) is 21.9. The third-order valence-corrected chi connectivity index (χ3v) is 5.40. The fraction of sp³-hybridized carbons (Fsp3) is 0.625. The Morgan fingerprint density at radius 2 is 1.89 bits per heavy atom. The summed E-state index contributed by atoms with van der Waals surface area (Å²) in [6.07, 6.45) is 4.40. The summed E-state index contributed by atoms with van der Waals surface area (Å²) in [5.41, 5.74) is 5.31. The molecule has 2 rings (SSSR count). The molecular formula is C16H24OS. The van der Waals surface area contributed by atoms with Crippen LogP contribution in [-0.2, 0) is 6.42 Å². The average molecular weight is 264 g/mol. The quantitative estimate of drug-likeness (QED) is 0.896. The van der Waals surface area contributed by atoms with Gasteiger partial charge in [0, 0.05) is 5.25 Å².